The maximum atomic E-state index is 13.1. The smallest absolute Gasteiger partial charge is 0.335 e. The van der Waals surface area contributed by atoms with Crippen LogP contribution in [0.3, 0.4) is 0 Å². The van der Waals surface area contributed by atoms with Gasteiger partial charge in [-0.15, -0.1) is 0 Å². The first kappa shape index (κ1) is 25.2. The van der Waals surface area contributed by atoms with E-state index in [-0.39, 0.29) is 12.2 Å². The van der Waals surface area contributed by atoms with E-state index in [1.165, 1.54) is 6.08 Å². The van der Waals surface area contributed by atoms with Gasteiger partial charge in [-0.1, -0.05) is 48.9 Å². The molecule has 0 atom stereocenters. The monoisotopic (exact) mass is 616 g/mol. The Morgan fingerprint density at radius 2 is 1.66 bits per heavy atom. The van der Waals surface area contributed by atoms with E-state index in [9.17, 15) is 14.4 Å². The number of halogens is 3. The number of hydrogen-bond acceptors (Lipinski definition) is 4. The molecule has 0 radical (unpaired) electrons. The third kappa shape index (κ3) is 5.50. The van der Waals surface area contributed by atoms with Crippen molar-refractivity contribution in [2.45, 2.75) is 20.0 Å². The van der Waals surface area contributed by atoms with Crippen molar-refractivity contribution in [1.82, 2.24) is 5.32 Å². The van der Waals surface area contributed by atoms with Crippen LogP contribution in [0.5, 0.6) is 5.75 Å². The second-order valence-electron chi connectivity index (χ2n) is 7.67. The molecule has 4 amide bonds. The Balaban J connectivity index is 1.60. The number of aryl methyl sites for hydroxylation is 1. The van der Waals surface area contributed by atoms with Gasteiger partial charge in [-0.3, -0.25) is 14.9 Å². The molecule has 0 aliphatic carbocycles. The number of nitrogens with zero attached hydrogens (tertiary/aromatic N) is 1. The Labute approximate surface area is 224 Å². The Bertz CT molecular complexity index is 1330. The molecule has 0 bridgehead atoms. The summed E-state index contributed by atoms with van der Waals surface area (Å²) in [4.78, 5) is 39.1. The molecule has 3 aromatic rings. The standard InChI is InChI=1S/C26H19Br2ClN2O4/c1-2-15-7-9-18(10-8-15)31-25(33)19(24(32)30-26(31)34)11-16-12-20(27)23(21(28)13-16)35-14-17-5-3-4-6-22(17)29/h3-13H,2,14H2,1H3,(H,30,32,34)/b19-11-. The molecular formula is C26H19Br2ClN2O4. The lowest BCUT2D eigenvalue weighted by Crippen LogP contribution is -2.54. The molecule has 9 heteroatoms. The van der Waals surface area contributed by atoms with Crippen molar-refractivity contribution in [1.29, 1.82) is 0 Å². The number of nitrogens with one attached hydrogen (secondary N) is 1. The molecule has 1 N–H and O–H groups in total. The van der Waals surface area contributed by atoms with E-state index in [0.29, 0.717) is 31.0 Å². The highest BCUT2D eigenvalue weighted by Gasteiger charge is 2.36. The van der Waals surface area contributed by atoms with Gasteiger partial charge >= 0.3 is 6.03 Å². The number of rotatable bonds is 6. The van der Waals surface area contributed by atoms with E-state index in [2.05, 4.69) is 37.2 Å². The van der Waals surface area contributed by atoms with Gasteiger partial charge in [0, 0.05) is 10.6 Å². The molecule has 35 heavy (non-hydrogen) atoms. The number of benzene rings is 3. The number of ether oxygens (including phenoxy) is 1. The summed E-state index contributed by atoms with van der Waals surface area (Å²) in [5.74, 6) is -0.915. The Morgan fingerprint density at radius 1 is 1.00 bits per heavy atom. The molecule has 1 heterocycles. The summed E-state index contributed by atoms with van der Waals surface area (Å²) in [5, 5.41) is 2.84. The first-order chi connectivity index (χ1) is 16.8. The summed E-state index contributed by atoms with van der Waals surface area (Å²) in [6.07, 6.45) is 2.26. The quantitative estimate of drug-likeness (QED) is 0.247. The molecule has 0 saturated carbocycles. The van der Waals surface area contributed by atoms with Gasteiger partial charge in [-0.05, 0) is 85.8 Å². The topological polar surface area (TPSA) is 75.7 Å². The fourth-order valence-corrected chi connectivity index (χ4v) is 5.15. The minimum absolute atomic E-state index is 0.160. The molecule has 1 aliphatic rings. The fraction of sp³-hybridized carbons (Fsp3) is 0.115. The van der Waals surface area contributed by atoms with Crippen molar-refractivity contribution in [2.75, 3.05) is 4.90 Å². The van der Waals surface area contributed by atoms with Crippen LogP contribution in [-0.4, -0.2) is 17.8 Å². The number of barbiturate groups is 1. The van der Waals surface area contributed by atoms with Crippen molar-refractivity contribution in [3.63, 3.8) is 0 Å². The largest absolute Gasteiger partial charge is 0.486 e. The average molecular weight is 619 g/mol. The van der Waals surface area contributed by atoms with Crippen LogP contribution in [0.1, 0.15) is 23.6 Å². The third-order valence-electron chi connectivity index (χ3n) is 5.37. The first-order valence-electron chi connectivity index (χ1n) is 10.6. The van der Waals surface area contributed by atoms with Gasteiger partial charge < -0.3 is 4.74 Å². The molecule has 1 fully saturated rings. The minimum Gasteiger partial charge on any atom is -0.486 e. The van der Waals surface area contributed by atoms with Crippen LogP contribution in [0, 0.1) is 0 Å². The highest BCUT2D eigenvalue weighted by atomic mass is 79.9. The van der Waals surface area contributed by atoms with Crippen LogP contribution < -0.4 is 15.0 Å². The van der Waals surface area contributed by atoms with Gasteiger partial charge in [0.1, 0.15) is 17.9 Å². The minimum atomic E-state index is -0.785. The van der Waals surface area contributed by atoms with E-state index in [0.717, 1.165) is 22.4 Å². The lowest BCUT2D eigenvalue weighted by atomic mass is 10.1. The van der Waals surface area contributed by atoms with Crippen LogP contribution in [0.4, 0.5) is 10.5 Å². The summed E-state index contributed by atoms with van der Waals surface area (Å²) in [7, 11) is 0. The van der Waals surface area contributed by atoms with E-state index in [1.807, 2.05) is 37.3 Å². The number of carbonyl (C=O) groups excluding carboxylic acids is 3. The fourth-order valence-electron chi connectivity index (χ4n) is 3.51. The van der Waals surface area contributed by atoms with Crippen molar-refractivity contribution >= 4 is 73.1 Å². The lowest BCUT2D eigenvalue weighted by molar-refractivity contribution is -0.122. The molecule has 178 valence electrons. The number of amides is 4. The summed E-state index contributed by atoms with van der Waals surface area (Å²) in [5.41, 5.74) is 2.68. The lowest BCUT2D eigenvalue weighted by Gasteiger charge is -2.26. The van der Waals surface area contributed by atoms with Crippen LogP contribution >= 0.6 is 43.5 Å². The zero-order valence-corrected chi connectivity index (χ0v) is 22.4. The number of hydrogen-bond donors (Lipinski definition) is 1. The molecule has 0 spiro atoms. The second-order valence-corrected chi connectivity index (χ2v) is 9.79. The van der Waals surface area contributed by atoms with Gasteiger partial charge in [0.2, 0.25) is 0 Å². The maximum Gasteiger partial charge on any atom is 0.335 e. The highest BCUT2D eigenvalue weighted by molar-refractivity contribution is 9.11. The summed E-state index contributed by atoms with van der Waals surface area (Å²) in [6, 6.07) is 17.1. The highest BCUT2D eigenvalue weighted by Crippen LogP contribution is 2.36. The van der Waals surface area contributed by atoms with Gasteiger partial charge in [0.15, 0.2) is 0 Å². The molecule has 0 unspecified atom stereocenters. The molecule has 0 aromatic heterocycles. The predicted octanol–water partition coefficient (Wildman–Crippen LogP) is 6.67. The van der Waals surface area contributed by atoms with Crippen molar-refractivity contribution in [2.24, 2.45) is 0 Å². The second kappa shape index (κ2) is 10.8. The predicted molar refractivity (Wildman–Crippen MR) is 142 cm³/mol. The summed E-state index contributed by atoms with van der Waals surface area (Å²) < 4.78 is 7.15. The van der Waals surface area contributed by atoms with Crippen molar-refractivity contribution in [3.05, 3.63) is 96.9 Å². The number of anilines is 1. The summed E-state index contributed by atoms with van der Waals surface area (Å²) in [6.45, 7) is 2.27. The average Bonchev–Trinajstić information content (AvgIpc) is 2.82. The normalized spacial score (nSPS) is 14.9. The van der Waals surface area contributed by atoms with Crippen molar-refractivity contribution in [3.8, 4) is 5.75 Å². The SMILES string of the molecule is CCc1ccc(N2C(=O)NC(=O)/C(=C/c3cc(Br)c(OCc4ccccc4Cl)c(Br)c3)C2=O)cc1. The van der Waals surface area contributed by atoms with E-state index in [1.54, 1.807) is 30.3 Å². The molecular weight excluding hydrogens is 600 g/mol. The van der Waals surface area contributed by atoms with Crippen LogP contribution in [0.15, 0.2) is 75.2 Å². The first-order valence-corrected chi connectivity index (χ1v) is 12.6. The van der Waals surface area contributed by atoms with Gasteiger partial charge in [-0.2, -0.15) is 0 Å². The number of carbonyl (C=O) groups is 3. The Hall–Kier alpha value is -2.94. The number of imide groups is 2. The van der Waals surface area contributed by atoms with Crippen LogP contribution in [-0.2, 0) is 22.6 Å². The Kier molecular flexibility index (Phi) is 7.74. The van der Waals surface area contributed by atoms with Crippen molar-refractivity contribution < 1.29 is 19.1 Å². The maximum absolute atomic E-state index is 13.1. The van der Waals surface area contributed by atoms with Gasteiger partial charge in [0.05, 0.1) is 14.6 Å². The number of urea groups is 1. The molecule has 6 nitrogen and oxygen atoms in total. The molecule has 1 aliphatic heterocycles. The van der Waals surface area contributed by atoms with Gasteiger partial charge in [-0.25, -0.2) is 9.69 Å². The van der Waals surface area contributed by atoms with Gasteiger partial charge in [0.25, 0.3) is 11.8 Å². The molecule has 3 aromatic carbocycles. The zero-order valence-electron chi connectivity index (χ0n) is 18.5. The molecule has 4 rings (SSSR count). The van der Waals surface area contributed by atoms with Crippen LogP contribution in [0.2, 0.25) is 5.02 Å². The van der Waals surface area contributed by atoms with E-state index < -0.39 is 17.8 Å². The third-order valence-corrected chi connectivity index (χ3v) is 6.91. The van der Waals surface area contributed by atoms with Crippen LogP contribution in [0.25, 0.3) is 6.08 Å². The van der Waals surface area contributed by atoms with E-state index >= 15 is 0 Å². The molecule has 1 saturated heterocycles. The zero-order chi connectivity index (χ0) is 25.1. The summed E-state index contributed by atoms with van der Waals surface area (Å²) >= 11 is 13.2. The van der Waals surface area contributed by atoms with E-state index in [4.69, 9.17) is 16.3 Å². The Morgan fingerprint density at radius 3 is 2.29 bits per heavy atom.